The van der Waals surface area contributed by atoms with E-state index in [1.165, 1.54) is 0 Å². The van der Waals surface area contributed by atoms with Gasteiger partial charge in [-0.25, -0.2) is 9.78 Å². The molecule has 0 aliphatic rings. The van der Waals surface area contributed by atoms with Crippen LogP contribution in [0.1, 0.15) is 33.2 Å². The van der Waals surface area contributed by atoms with Gasteiger partial charge < -0.3 is 15.4 Å². The number of ether oxygens (including phenoxy) is 1. The van der Waals surface area contributed by atoms with Gasteiger partial charge in [0, 0.05) is 36.4 Å². The highest BCUT2D eigenvalue weighted by atomic mass is 16.5. The number of anilines is 2. The van der Waals surface area contributed by atoms with Crippen LogP contribution in [0, 0.1) is 0 Å². The molecule has 0 spiro atoms. The fraction of sp³-hybridized carbons (Fsp3) is 0.143. The molecule has 0 saturated heterocycles. The molecule has 2 aromatic heterocycles. The van der Waals surface area contributed by atoms with Crippen LogP contribution in [0.25, 0.3) is 0 Å². The third kappa shape index (κ3) is 5.14. The van der Waals surface area contributed by atoms with Crippen LogP contribution in [0.2, 0.25) is 0 Å². The number of carbonyl (C=O) groups excluding carboxylic acids is 2. The lowest BCUT2D eigenvalue weighted by Gasteiger charge is -2.09. The van der Waals surface area contributed by atoms with Crippen molar-refractivity contribution in [1.82, 2.24) is 15.3 Å². The van der Waals surface area contributed by atoms with E-state index < -0.39 is 0 Å². The molecule has 0 saturated carbocycles. The van der Waals surface area contributed by atoms with Crippen LogP contribution in [0.3, 0.4) is 0 Å². The van der Waals surface area contributed by atoms with Crippen LogP contribution >= 0.6 is 0 Å². The first-order valence-corrected chi connectivity index (χ1v) is 8.83. The van der Waals surface area contributed by atoms with Gasteiger partial charge in [0.2, 0.25) is 0 Å². The summed E-state index contributed by atoms with van der Waals surface area (Å²) in [4.78, 5) is 32.2. The molecule has 7 heteroatoms. The van der Waals surface area contributed by atoms with Crippen molar-refractivity contribution in [3.05, 3.63) is 83.8 Å². The van der Waals surface area contributed by atoms with Crippen molar-refractivity contribution in [2.75, 3.05) is 11.9 Å². The molecule has 3 aromatic rings. The van der Waals surface area contributed by atoms with E-state index in [0.717, 1.165) is 11.3 Å². The first-order valence-electron chi connectivity index (χ1n) is 8.83. The van der Waals surface area contributed by atoms with Crippen LogP contribution in [0.15, 0.2) is 67.1 Å². The molecule has 142 valence electrons. The zero-order valence-corrected chi connectivity index (χ0v) is 15.4. The van der Waals surface area contributed by atoms with E-state index in [1.54, 1.807) is 61.9 Å². The SMILES string of the molecule is CCOC(=O)c1ccc(Nc2cc(C(=O)NCc3ccncc3)ccn2)cc1. The molecule has 0 unspecified atom stereocenters. The number of aromatic nitrogens is 2. The lowest BCUT2D eigenvalue weighted by atomic mass is 10.2. The smallest absolute Gasteiger partial charge is 0.338 e. The number of nitrogens with zero attached hydrogens (tertiary/aromatic N) is 2. The summed E-state index contributed by atoms with van der Waals surface area (Å²) in [5.41, 5.74) is 2.69. The van der Waals surface area contributed by atoms with Crippen LogP contribution in [0.5, 0.6) is 0 Å². The summed E-state index contributed by atoms with van der Waals surface area (Å²) in [5.74, 6) is -0.0274. The van der Waals surface area contributed by atoms with E-state index in [9.17, 15) is 9.59 Å². The Kier molecular flexibility index (Phi) is 6.30. The summed E-state index contributed by atoms with van der Waals surface area (Å²) in [6.07, 6.45) is 4.93. The Morgan fingerprint density at radius 2 is 1.71 bits per heavy atom. The number of rotatable bonds is 7. The minimum atomic E-state index is -0.361. The summed E-state index contributed by atoms with van der Waals surface area (Å²) in [6, 6.07) is 13.9. The maximum absolute atomic E-state index is 12.4. The number of pyridine rings is 2. The van der Waals surface area contributed by atoms with Gasteiger partial charge in [0.25, 0.3) is 5.91 Å². The van der Waals surface area contributed by atoms with E-state index in [0.29, 0.717) is 30.1 Å². The minimum absolute atomic E-state index is 0.195. The van der Waals surface area contributed by atoms with Gasteiger partial charge in [0.15, 0.2) is 0 Å². The molecule has 2 N–H and O–H groups in total. The Hall–Kier alpha value is -3.74. The standard InChI is InChI=1S/C21H20N4O3/c1-2-28-21(27)16-3-5-18(6-4-16)25-19-13-17(9-12-23-19)20(26)24-14-15-7-10-22-11-8-15/h3-13H,2,14H2,1H3,(H,23,25)(H,24,26). The van der Waals surface area contributed by atoms with Gasteiger partial charge >= 0.3 is 5.97 Å². The summed E-state index contributed by atoms with van der Waals surface area (Å²) in [6.45, 7) is 2.51. The third-order valence-corrected chi connectivity index (χ3v) is 3.89. The van der Waals surface area contributed by atoms with E-state index in [1.807, 2.05) is 12.1 Å². The first kappa shape index (κ1) is 19.0. The molecule has 7 nitrogen and oxygen atoms in total. The Labute approximate surface area is 162 Å². The van der Waals surface area contributed by atoms with Crippen LogP contribution < -0.4 is 10.6 Å². The van der Waals surface area contributed by atoms with Crippen molar-refractivity contribution >= 4 is 23.4 Å². The first-order chi connectivity index (χ1) is 13.7. The second-order valence-corrected chi connectivity index (χ2v) is 5.89. The number of esters is 1. The number of benzene rings is 1. The van der Waals surface area contributed by atoms with Crippen LogP contribution in [0.4, 0.5) is 11.5 Å². The lowest BCUT2D eigenvalue weighted by molar-refractivity contribution is 0.0526. The molecule has 0 radical (unpaired) electrons. The quantitative estimate of drug-likeness (QED) is 0.615. The molecule has 2 heterocycles. The second-order valence-electron chi connectivity index (χ2n) is 5.89. The Bertz CT molecular complexity index is 943. The molecule has 0 aliphatic carbocycles. The van der Waals surface area contributed by atoms with Gasteiger partial charge in [-0.2, -0.15) is 0 Å². The highest BCUT2D eigenvalue weighted by Crippen LogP contribution is 2.17. The summed E-state index contributed by atoms with van der Waals surface area (Å²) < 4.78 is 4.96. The molecule has 3 rings (SSSR count). The molecular weight excluding hydrogens is 356 g/mol. The van der Waals surface area contributed by atoms with Gasteiger partial charge in [-0.3, -0.25) is 9.78 Å². The van der Waals surface area contributed by atoms with E-state index >= 15 is 0 Å². The van der Waals surface area contributed by atoms with Gasteiger partial charge in [0.05, 0.1) is 12.2 Å². The molecule has 0 bridgehead atoms. The highest BCUT2D eigenvalue weighted by Gasteiger charge is 2.08. The van der Waals surface area contributed by atoms with Crippen molar-refractivity contribution < 1.29 is 14.3 Å². The molecule has 0 aliphatic heterocycles. The Morgan fingerprint density at radius 3 is 2.43 bits per heavy atom. The maximum Gasteiger partial charge on any atom is 0.338 e. The lowest BCUT2D eigenvalue weighted by Crippen LogP contribution is -2.22. The van der Waals surface area contributed by atoms with Gasteiger partial charge in [-0.1, -0.05) is 0 Å². The Morgan fingerprint density at radius 1 is 0.964 bits per heavy atom. The zero-order valence-electron chi connectivity index (χ0n) is 15.4. The molecule has 28 heavy (non-hydrogen) atoms. The predicted octanol–water partition coefficient (Wildman–Crippen LogP) is 3.33. The minimum Gasteiger partial charge on any atom is -0.462 e. The van der Waals surface area contributed by atoms with Crippen LogP contribution in [-0.4, -0.2) is 28.5 Å². The van der Waals surface area contributed by atoms with Crippen molar-refractivity contribution in [1.29, 1.82) is 0 Å². The normalized spacial score (nSPS) is 10.2. The summed E-state index contributed by atoms with van der Waals surface area (Å²) in [5, 5.41) is 5.98. The molecule has 1 aromatic carbocycles. The third-order valence-electron chi connectivity index (χ3n) is 3.89. The number of amides is 1. The molecule has 0 fully saturated rings. The topological polar surface area (TPSA) is 93.2 Å². The van der Waals surface area contributed by atoms with Crippen molar-refractivity contribution in [3.63, 3.8) is 0 Å². The van der Waals surface area contributed by atoms with E-state index in [4.69, 9.17) is 4.74 Å². The summed E-state index contributed by atoms with van der Waals surface area (Å²) >= 11 is 0. The fourth-order valence-electron chi connectivity index (χ4n) is 2.48. The summed E-state index contributed by atoms with van der Waals surface area (Å²) in [7, 11) is 0. The largest absolute Gasteiger partial charge is 0.462 e. The average Bonchev–Trinajstić information content (AvgIpc) is 2.73. The second kappa shape index (κ2) is 9.27. The van der Waals surface area contributed by atoms with Crippen molar-refractivity contribution in [2.24, 2.45) is 0 Å². The van der Waals surface area contributed by atoms with E-state index in [-0.39, 0.29) is 11.9 Å². The number of nitrogens with one attached hydrogen (secondary N) is 2. The average molecular weight is 376 g/mol. The number of carbonyl (C=O) groups is 2. The Balaban J connectivity index is 1.62. The van der Waals surface area contributed by atoms with Gasteiger partial charge in [0.1, 0.15) is 5.82 Å². The van der Waals surface area contributed by atoms with Crippen molar-refractivity contribution in [3.8, 4) is 0 Å². The van der Waals surface area contributed by atoms with E-state index in [2.05, 4.69) is 20.6 Å². The number of hydrogen-bond acceptors (Lipinski definition) is 6. The molecule has 1 amide bonds. The van der Waals surface area contributed by atoms with Gasteiger partial charge in [-0.15, -0.1) is 0 Å². The predicted molar refractivity (Wildman–Crippen MR) is 105 cm³/mol. The monoisotopic (exact) mass is 376 g/mol. The zero-order chi connectivity index (χ0) is 19.8. The molecular formula is C21H20N4O3. The molecule has 0 atom stereocenters. The number of hydrogen-bond donors (Lipinski definition) is 2. The van der Waals surface area contributed by atoms with Crippen LogP contribution in [-0.2, 0) is 11.3 Å². The van der Waals surface area contributed by atoms with Crippen molar-refractivity contribution in [2.45, 2.75) is 13.5 Å². The maximum atomic E-state index is 12.4. The fourth-order valence-corrected chi connectivity index (χ4v) is 2.48. The highest BCUT2D eigenvalue weighted by molar-refractivity contribution is 5.95. The van der Waals surface area contributed by atoms with Gasteiger partial charge in [-0.05, 0) is 61.0 Å².